The van der Waals surface area contributed by atoms with Gasteiger partial charge in [0.25, 0.3) is 0 Å². The summed E-state index contributed by atoms with van der Waals surface area (Å²) in [7, 11) is 0. The summed E-state index contributed by atoms with van der Waals surface area (Å²) in [4.78, 5) is 23.0. The van der Waals surface area contributed by atoms with Crippen molar-refractivity contribution in [2.45, 2.75) is 25.7 Å². The van der Waals surface area contributed by atoms with Crippen molar-refractivity contribution >= 4 is 29.2 Å². The number of benzene rings is 1. The lowest BCUT2D eigenvalue weighted by molar-refractivity contribution is -0.143. The average Bonchev–Trinajstić information content (AvgIpc) is 2.42. The second kappa shape index (κ2) is 6.22. The monoisotopic (exact) mass is 299 g/mol. The fourth-order valence-electron chi connectivity index (χ4n) is 2.48. The van der Waals surface area contributed by atoms with Crippen molar-refractivity contribution < 1.29 is 19.1 Å². The van der Waals surface area contributed by atoms with E-state index in [4.69, 9.17) is 16.7 Å². The third-order valence-electron chi connectivity index (χ3n) is 3.58. The van der Waals surface area contributed by atoms with Crippen molar-refractivity contribution in [1.29, 1.82) is 0 Å². The molecular formula is C14H15ClFNO3. The second-order valence-electron chi connectivity index (χ2n) is 5.01. The van der Waals surface area contributed by atoms with Gasteiger partial charge in [-0.25, -0.2) is 4.39 Å². The minimum absolute atomic E-state index is 0.0665. The van der Waals surface area contributed by atoms with Crippen LogP contribution < -0.4 is 5.32 Å². The molecule has 1 amide bonds. The Morgan fingerprint density at radius 2 is 2.00 bits per heavy atom. The number of carboxylic acids is 1. The van der Waals surface area contributed by atoms with Crippen LogP contribution in [-0.4, -0.2) is 17.0 Å². The Kier molecular flexibility index (Phi) is 4.60. The Labute approximate surface area is 120 Å². The first-order chi connectivity index (χ1) is 9.47. The van der Waals surface area contributed by atoms with Gasteiger partial charge in [0, 0.05) is 10.9 Å². The number of carbonyl (C=O) groups excluding carboxylic acids is 1. The minimum Gasteiger partial charge on any atom is -0.481 e. The normalized spacial score (nSPS) is 22.3. The number of hydrogen-bond acceptors (Lipinski definition) is 2. The first kappa shape index (κ1) is 14.8. The highest BCUT2D eigenvalue weighted by atomic mass is 35.5. The van der Waals surface area contributed by atoms with Crippen LogP contribution >= 0.6 is 11.6 Å². The van der Waals surface area contributed by atoms with E-state index in [0.717, 1.165) is 6.07 Å². The molecule has 2 unspecified atom stereocenters. The van der Waals surface area contributed by atoms with Crippen molar-refractivity contribution in [2.75, 3.05) is 5.32 Å². The van der Waals surface area contributed by atoms with Crippen LogP contribution in [0.25, 0.3) is 0 Å². The van der Waals surface area contributed by atoms with Gasteiger partial charge in [0.2, 0.25) is 5.91 Å². The molecule has 0 bridgehead atoms. The standard InChI is InChI=1S/C14H15ClFNO3/c15-10-4-5-12(11(16)7-10)17-13(18)8-2-1-3-9(6-8)14(19)20/h4-5,7-9H,1-3,6H2,(H,17,18)(H,19,20). The van der Waals surface area contributed by atoms with Gasteiger partial charge in [0.1, 0.15) is 5.82 Å². The Bertz CT molecular complexity index is 535. The van der Waals surface area contributed by atoms with Gasteiger partial charge in [0.15, 0.2) is 0 Å². The number of carboxylic acid groups (broad SMARTS) is 1. The highest BCUT2D eigenvalue weighted by Gasteiger charge is 2.31. The molecule has 1 fully saturated rings. The predicted molar refractivity (Wildman–Crippen MR) is 73.1 cm³/mol. The van der Waals surface area contributed by atoms with Crippen molar-refractivity contribution in [3.05, 3.63) is 29.0 Å². The SMILES string of the molecule is O=C(O)C1CCCC(C(=O)Nc2ccc(Cl)cc2F)C1. The van der Waals surface area contributed by atoms with E-state index >= 15 is 0 Å². The summed E-state index contributed by atoms with van der Waals surface area (Å²) in [6.45, 7) is 0. The van der Waals surface area contributed by atoms with Gasteiger partial charge in [-0.05, 0) is 37.5 Å². The van der Waals surface area contributed by atoms with Crippen LogP contribution in [0, 0.1) is 17.7 Å². The maximum atomic E-state index is 13.6. The van der Waals surface area contributed by atoms with E-state index in [-0.39, 0.29) is 22.5 Å². The summed E-state index contributed by atoms with van der Waals surface area (Å²) in [6, 6.07) is 4.01. The number of amides is 1. The smallest absolute Gasteiger partial charge is 0.306 e. The van der Waals surface area contributed by atoms with Crippen LogP contribution in [0.5, 0.6) is 0 Å². The third kappa shape index (κ3) is 3.48. The van der Waals surface area contributed by atoms with Crippen LogP contribution in [-0.2, 0) is 9.59 Å². The number of rotatable bonds is 3. The summed E-state index contributed by atoms with van der Waals surface area (Å²) in [5.74, 6) is -2.69. The Hall–Kier alpha value is -1.62. The highest BCUT2D eigenvalue weighted by molar-refractivity contribution is 6.30. The fraction of sp³-hybridized carbons (Fsp3) is 0.429. The van der Waals surface area contributed by atoms with E-state index in [9.17, 15) is 14.0 Å². The molecule has 0 heterocycles. The average molecular weight is 300 g/mol. The third-order valence-corrected chi connectivity index (χ3v) is 3.82. The largest absolute Gasteiger partial charge is 0.481 e. The zero-order chi connectivity index (χ0) is 14.7. The molecule has 1 aromatic rings. The molecular weight excluding hydrogens is 285 g/mol. The van der Waals surface area contributed by atoms with Crippen molar-refractivity contribution in [1.82, 2.24) is 0 Å². The van der Waals surface area contributed by atoms with Crippen molar-refractivity contribution in [3.8, 4) is 0 Å². The van der Waals surface area contributed by atoms with Crippen LogP contribution in [0.4, 0.5) is 10.1 Å². The topological polar surface area (TPSA) is 66.4 Å². The second-order valence-corrected chi connectivity index (χ2v) is 5.45. The molecule has 0 radical (unpaired) electrons. The number of aliphatic carboxylic acids is 1. The molecule has 4 nitrogen and oxygen atoms in total. The molecule has 6 heteroatoms. The zero-order valence-electron chi connectivity index (χ0n) is 10.7. The van der Waals surface area contributed by atoms with Gasteiger partial charge < -0.3 is 10.4 Å². The molecule has 2 rings (SSSR count). The van der Waals surface area contributed by atoms with E-state index in [1.165, 1.54) is 12.1 Å². The first-order valence-electron chi connectivity index (χ1n) is 6.46. The molecule has 0 saturated heterocycles. The first-order valence-corrected chi connectivity index (χ1v) is 6.84. The molecule has 1 aliphatic carbocycles. The quantitative estimate of drug-likeness (QED) is 0.900. The van der Waals surface area contributed by atoms with E-state index in [2.05, 4.69) is 5.32 Å². The van der Waals surface area contributed by atoms with Crippen molar-refractivity contribution in [2.24, 2.45) is 11.8 Å². The van der Waals surface area contributed by atoms with Crippen LogP contribution in [0.1, 0.15) is 25.7 Å². The van der Waals surface area contributed by atoms with Gasteiger partial charge >= 0.3 is 5.97 Å². The molecule has 0 aliphatic heterocycles. The van der Waals surface area contributed by atoms with Crippen LogP contribution in [0.3, 0.4) is 0 Å². The summed E-state index contributed by atoms with van der Waals surface area (Å²) in [5, 5.41) is 11.8. The summed E-state index contributed by atoms with van der Waals surface area (Å²) in [6.07, 6.45) is 2.22. The Morgan fingerprint density at radius 3 is 2.65 bits per heavy atom. The summed E-state index contributed by atoms with van der Waals surface area (Å²) in [5.41, 5.74) is 0.0665. The van der Waals surface area contributed by atoms with Gasteiger partial charge in [-0.3, -0.25) is 9.59 Å². The molecule has 1 saturated carbocycles. The summed E-state index contributed by atoms with van der Waals surface area (Å²) < 4.78 is 13.6. The Morgan fingerprint density at radius 1 is 1.30 bits per heavy atom. The van der Waals surface area contributed by atoms with E-state index in [1.54, 1.807) is 0 Å². The van der Waals surface area contributed by atoms with Gasteiger partial charge in [-0.1, -0.05) is 18.0 Å². The highest BCUT2D eigenvalue weighted by Crippen LogP contribution is 2.30. The molecule has 0 aromatic heterocycles. The Balaban J connectivity index is 2.02. The van der Waals surface area contributed by atoms with E-state index in [0.29, 0.717) is 25.7 Å². The molecule has 1 aromatic carbocycles. The number of carbonyl (C=O) groups is 2. The maximum absolute atomic E-state index is 13.6. The lowest BCUT2D eigenvalue weighted by Gasteiger charge is -2.25. The molecule has 0 spiro atoms. The van der Waals surface area contributed by atoms with Crippen LogP contribution in [0.15, 0.2) is 18.2 Å². The van der Waals surface area contributed by atoms with Gasteiger partial charge in [-0.2, -0.15) is 0 Å². The number of anilines is 1. The lowest BCUT2D eigenvalue weighted by atomic mass is 9.81. The van der Waals surface area contributed by atoms with Crippen molar-refractivity contribution in [3.63, 3.8) is 0 Å². The predicted octanol–water partition coefficient (Wildman–Crippen LogP) is 3.31. The molecule has 1 aliphatic rings. The number of hydrogen-bond donors (Lipinski definition) is 2. The molecule has 2 N–H and O–H groups in total. The lowest BCUT2D eigenvalue weighted by Crippen LogP contribution is -2.31. The fourth-order valence-corrected chi connectivity index (χ4v) is 2.64. The van der Waals surface area contributed by atoms with E-state index < -0.39 is 17.7 Å². The minimum atomic E-state index is -0.875. The van der Waals surface area contributed by atoms with Crippen LogP contribution in [0.2, 0.25) is 5.02 Å². The number of nitrogens with one attached hydrogen (secondary N) is 1. The zero-order valence-corrected chi connectivity index (χ0v) is 11.5. The van der Waals surface area contributed by atoms with E-state index in [1.807, 2.05) is 0 Å². The molecule has 20 heavy (non-hydrogen) atoms. The van der Waals surface area contributed by atoms with Gasteiger partial charge in [-0.15, -0.1) is 0 Å². The summed E-state index contributed by atoms with van der Waals surface area (Å²) >= 11 is 5.64. The molecule has 2 atom stereocenters. The maximum Gasteiger partial charge on any atom is 0.306 e. The van der Waals surface area contributed by atoms with Gasteiger partial charge in [0.05, 0.1) is 11.6 Å². The number of halogens is 2. The molecule has 108 valence electrons.